The second-order valence-electron chi connectivity index (χ2n) is 4.80. The number of nitrogens with zero attached hydrogens (tertiary/aromatic N) is 2. The third-order valence-corrected chi connectivity index (χ3v) is 3.04. The molecule has 18 heavy (non-hydrogen) atoms. The molecule has 0 aliphatic carbocycles. The van der Waals surface area contributed by atoms with Crippen LogP contribution in [0.5, 0.6) is 0 Å². The molecule has 0 aromatic carbocycles. The van der Waals surface area contributed by atoms with E-state index in [0.29, 0.717) is 36.6 Å². The Hall–Kier alpha value is -1.82. The largest absolute Gasteiger partial charge is 0.465 e. The van der Waals surface area contributed by atoms with Crippen LogP contribution < -0.4 is 10.6 Å². The number of anilines is 2. The van der Waals surface area contributed by atoms with E-state index in [1.54, 1.807) is 13.0 Å². The number of nitrogen functional groups attached to an aromatic ring is 1. The number of pyridine rings is 1. The average molecular weight is 251 g/mol. The molecule has 1 aliphatic rings. The second-order valence-corrected chi connectivity index (χ2v) is 4.80. The average Bonchev–Trinajstić information content (AvgIpc) is 2.68. The van der Waals surface area contributed by atoms with Gasteiger partial charge in [0, 0.05) is 13.1 Å². The van der Waals surface area contributed by atoms with Gasteiger partial charge < -0.3 is 20.5 Å². The zero-order valence-corrected chi connectivity index (χ0v) is 10.5. The number of hydrogen-bond acceptors (Lipinski definition) is 6. The summed E-state index contributed by atoms with van der Waals surface area (Å²) >= 11 is 0. The van der Waals surface area contributed by atoms with Gasteiger partial charge >= 0.3 is 5.97 Å². The van der Waals surface area contributed by atoms with Crippen molar-refractivity contribution in [2.75, 3.05) is 30.8 Å². The number of β-amino-alcohol motifs (C(OH)–C–C–N with tert-alkyl or cyclic N) is 1. The monoisotopic (exact) mass is 251 g/mol. The Balaban J connectivity index is 2.36. The molecule has 2 heterocycles. The van der Waals surface area contributed by atoms with Gasteiger partial charge in [-0.25, -0.2) is 9.78 Å². The molecule has 0 amide bonds. The van der Waals surface area contributed by atoms with Crippen molar-refractivity contribution in [1.82, 2.24) is 4.98 Å². The van der Waals surface area contributed by atoms with Crippen LogP contribution in [0.3, 0.4) is 0 Å². The zero-order chi connectivity index (χ0) is 13.3. The Morgan fingerprint density at radius 2 is 2.39 bits per heavy atom. The number of nitrogens with two attached hydrogens (primary N) is 1. The summed E-state index contributed by atoms with van der Waals surface area (Å²) in [5.74, 6) is 0.0326. The van der Waals surface area contributed by atoms with E-state index in [0.717, 1.165) is 0 Å². The van der Waals surface area contributed by atoms with Gasteiger partial charge in [-0.1, -0.05) is 0 Å². The van der Waals surface area contributed by atoms with E-state index in [1.807, 2.05) is 4.90 Å². The van der Waals surface area contributed by atoms with Gasteiger partial charge in [-0.3, -0.25) is 0 Å². The first-order chi connectivity index (χ1) is 8.43. The van der Waals surface area contributed by atoms with E-state index in [9.17, 15) is 9.90 Å². The van der Waals surface area contributed by atoms with E-state index in [-0.39, 0.29) is 0 Å². The number of aliphatic hydroxyl groups is 1. The topological polar surface area (TPSA) is 88.7 Å². The number of rotatable bonds is 2. The van der Waals surface area contributed by atoms with E-state index < -0.39 is 11.6 Å². The molecule has 0 bridgehead atoms. The molecule has 0 radical (unpaired) electrons. The summed E-state index contributed by atoms with van der Waals surface area (Å²) in [7, 11) is 1.31. The molecular formula is C12H17N3O3. The molecular weight excluding hydrogens is 234 g/mol. The van der Waals surface area contributed by atoms with Crippen LogP contribution in [0.4, 0.5) is 11.5 Å². The summed E-state index contributed by atoms with van der Waals surface area (Å²) in [6.45, 7) is 2.85. The molecule has 6 nitrogen and oxygen atoms in total. The number of carbonyl (C=O) groups is 1. The van der Waals surface area contributed by atoms with Crippen LogP contribution in [-0.2, 0) is 4.74 Å². The molecule has 6 heteroatoms. The third kappa shape index (κ3) is 2.38. The number of methoxy groups -OCH3 is 1. The summed E-state index contributed by atoms with van der Waals surface area (Å²) in [6.07, 6.45) is 2.13. The smallest absolute Gasteiger partial charge is 0.341 e. The van der Waals surface area contributed by atoms with Crippen molar-refractivity contribution in [1.29, 1.82) is 0 Å². The van der Waals surface area contributed by atoms with Gasteiger partial charge in [0.25, 0.3) is 0 Å². The lowest BCUT2D eigenvalue weighted by Crippen LogP contribution is -2.31. The van der Waals surface area contributed by atoms with Crippen molar-refractivity contribution < 1.29 is 14.6 Å². The molecule has 0 spiro atoms. The van der Waals surface area contributed by atoms with E-state index >= 15 is 0 Å². The minimum absolute atomic E-state index is 0.329. The van der Waals surface area contributed by atoms with Gasteiger partial charge in [0.1, 0.15) is 11.4 Å². The zero-order valence-electron chi connectivity index (χ0n) is 10.5. The Bertz CT molecular complexity index is 474. The summed E-state index contributed by atoms with van der Waals surface area (Å²) in [4.78, 5) is 17.7. The normalized spacial score (nSPS) is 23.2. The number of hydrogen-bond donors (Lipinski definition) is 2. The Morgan fingerprint density at radius 1 is 1.67 bits per heavy atom. The summed E-state index contributed by atoms with van der Waals surface area (Å²) in [5, 5.41) is 9.96. The Kier molecular flexibility index (Phi) is 3.13. The summed E-state index contributed by atoms with van der Waals surface area (Å²) < 4.78 is 4.72. The molecule has 1 aromatic rings. The van der Waals surface area contributed by atoms with Gasteiger partial charge in [-0.05, 0) is 19.4 Å². The maximum Gasteiger partial charge on any atom is 0.341 e. The van der Waals surface area contributed by atoms with Crippen LogP contribution in [-0.4, -0.2) is 41.9 Å². The molecule has 1 fully saturated rings. The molecule has 0 saturated carbocycles. The van der Waals surface area contributed by atoms with Crippen LogP contribution in [0.25, 0.3) is 0 Å². The lowest BCUT2D eigenvalue weighted by atomic mass is 10.1. The highest BCUT2D eigenvalue weighted by Crippen LogP contribution is 2.28. The highest BCUT2D eigenvalue weighted by Gasteiger charge is 2.33. The van der Waals surface area contributed by atoms with Crippen LogP contribution in [0, 0.1) is 0 Å². The summed E-state index contributed by atoms with van der Waals surface area (Å²) in [6, 6.07) is 1.54. The quantitative estimate of drug-likeness (QED) is 0.740. The highest BCUT2D eigenvalue weighted by molar-refractivity contribution is 5.95. The first-order valence-electron chi connectivity index (χ1n) is 5.74. The van der Waals surface area contributed by atoms with Gasteiger partial charge in [-0.2, -0.15) is 0 Å². The number of ether oxygens (including phenoxy) is 1. The van der Waals surface area contributed by atoms with Crippen LogP contribution in [0.1, 0.15) is 23.7 Å². The van der Waals surface area contributed by atoms with Crippen LogP contribution >= 0.6 is 0 Å². The van der Waals surface area contributed by atoms with Gasteiger partial charge in [0.15, 0.2) is 0 Å². The van der Waals surface area contributed by atoms with Crippen molar-refractivity contribution in [2.45, 2.75) is 18.9 Å². The fraction of sp³-hybridized carbons (Fsp3) is 0.500. The summed E-state index contributed by atoms with van der Waals surface area (Å²) in [5.41, 5.74) is 5.62. The standard InChI is InChI=1S/C12H17N3O3/c1-12(17)3-4-15(7-12)10-9(11(16)18-2)5-8(13)6-14-10/h5-6,17H,3-4,7,13H2,1-2H3. The van der Waals surface area contributed by atoms with Gasteiger partial charge in [-0.15, -0.1) is 0 Å². The lowest BCUT2D eigenvalue weighted by Gasteiger charge is -2.21. The first kappa shape index (κ1) is 12.6. The highest BCUT2D eigenvalue weighted by atomic mass is 16.5. The predicted molar refractivity (Wildman–Crippen MR) is 67.4 cm³/mol. The van der Waals surface area contributed by atoms with Gasteiger partial charge in [0.05, 0.1) is 24.6 Å². The molecule has 1 unspecified atom stereocenters. The van der Waals surface area contributed by atoms with Crippen LogP contribution in [0.15, 0.2) is 12.3 Å². The van der Waals surface area contributed by atoms with Crippen LogP contribution in [0.2, 0.25) is 0 Å². The fourth-order valence-electron chi connectivity index (χ4n) is 2.11. The number of aromatic nitrogens is 1. The first-order valence-corrected chi connectivity index (χ1v) is 5.74. The van der Waals surface area contributed by atoms with Crippen molar-refractivity contribution in [3.8, 4) is 0 Å². The molecule has 3 N–H and O–H groups in total. The maximum absolute atomic E-state index is 11.7. The Morgan fingerprint density at radius 3 is 2.94 bits per heavy atom. The van der Waals surface area contributed by atoms with Crippen molar-refractivity contribution in [3.05, 3.63) is 17.8 Å². The van der Waals surface area contributed by atoms with Crippen molar-refractivity contribution >= 4 is 17.5 Å². The second kappa shape index (κ2) is 4.45. The number of esters is 1. The minimum Gasteiger partial charge on any atom is -0.465 e. The van der Waals surface area contributed by atoms with E-state index in [2.05, 4.69) is 4.98 Å². The molecule has 98 valence electrons. The molecule has 2 rings (SSSR count). The fourth-order valence-corrected chi connectivity index (χ4v) is 2.11. The molecule has 1 aliphatic heterocycles. The van der Waals surface area contributed by atoms with Crippen molar-refractivity contribution in [2.24, 2.45) is 0 Å². The molecule has 1 aromatic heterocycles. The lowest BCUT2D eigenvalue weighted by molar-refractivity contribution is 0.0600. The SMILES string of the molecule is COC(=O)c1cc(N)cnc1N1CCC(C)(O)C1. The predicted octanol–water partition coefficient (Wildman–Crippen LogP) is 0.412. The maximum atomic E-state index is 11.7. The van der Waals surface area contributed by atoms with E-state index in [1.165, 1.54) is 13.3 Å². The molecule has 1 saturated heterocycles. The Labute approximate surface area is 105 Å². The van der Waals surface area contributed by atoms with Gasteiger partial charge in [0.2, 0.25) is 0 Å². The third-order valence-electron chi connectivity index (χ3n) is 3.04. The van der Waals surface area contributed by atoms with E-state index in [4.69, 9.17) is 10.5 Å². The molecule has 1 atom stereocenters. The minimum atomic E-state index is -0.754. The number of carbonyl (C=O) groups excluding carboxylic acids is 1. The van der Waals surface area contributed by atoms with Crippen molar-refractivity contribution in [3.63, 3.8) is 0 Å².